The Balaban J connectivity index is 2.33. The van der Waals surface area contributed by atoms with Gasteiger partial charge in [0.25, 0.3) is 0 Å². The average Bonchev–Trinajstić information content (AvgIpc) is 2.33. The van der Waals surface area contributed by atoms with Crippen LogP contribution in [0.3, 0.4) is 0 Å². The molecule has 4 heteroatoms. The van der Waals surface area contributed by atoms with Gasteiger partial charge in [-0.05, 0) is 55.7 Å². The summed E-state index contributed by atoms with van der Waals surface area (Å²) in [5, 5.41) is 3.87. The van der Waals surface area contributed by atoms with Crippen LogP contribution in [0.1, 0.15) is 18.9 Å². The van der Waals surface area contributed by atoms with Gasteiger partial charge in [0, 0.05) is 5.02 Å². The normalized spacial score (nSPS) is 12.7. The Kier molecular flexibility index (Phi) is 6.48. The predicted molar refractivity (Wildman–Crippen MR) is 70.8 cm³/mol. The lowest BCUT2D eigenvalue weighted by Crippen LogP contribution is -2.29. The maximum absolute atomic E-state index is 13.4. The van der Waals surface area contributed by atoms with Gasteiger partial charge in [-0.1, -0.05) is 24.9 Å². The molecule has 0 saturated carbocycles. The first kappa shape index (κ1) is 14.4. The van der Waals surface area contributed by atoms with Gasteiger partial charge in [0.15, 0.2) is 0 Å². The van der Waals surface area contributed by atoms with Crippen molar-refractivity contribution in [3.63, 3.8) is 0 Å². The molecule has 0 aliphatic heterocycles. The Morgan fingerprint density at radius 2 is 2.24 bits per heavy atom. The second-order valence-electron chi connectivity index (χ2n) is 4.20. The number of rotatable bonds is 7. The third kappa shape index (κ3) is 5.02. The Hall–Kier alpha value is -0.640. The minimum absolute atomic E-state index is 0.193. The molecule has 0 aromatic heterocycles. The first-order valence-electron chi connectivity index (χ1n) is 6.02. The zero-order chi connectivity index (χ0) is 12.7. The number of nitrogens with two attached hydrogens (primary N) is 1. The molecule has 0 heterocycles. The van der Waals surface area contributed by atoms with E-state index in [0.717, 1.165) is 19.5 Å². The lowest BCUT2D eigenvalue weighted by atomic mass is 10.1. The first-order valence-corrected chi connectivity index (χ1v) is 6.39. The van der Waals surface area contributed by atoms with Crippen molar-refractivity contribution in [1.82, 2.24) is 5.32 Å². The molecule has 1 atom stereocenters. The Bertz CT molecular complexity index is 340. The summed E-state index contributed by atoms with van der Waals surface area (Å²) in [5.41, 5.74) is 6.26. The lowest BCUT2D eigenvalue weighted by Gasteiger charge is -2.13. The molecular weight excluding hydrogens is 239 g/mol. The monoisotopic (exact) mass is 258 g/mol. The van der Waals surface area contributed by atoms with Crippen molar-refractivity contribution in [2.75, 3.05) is 19.6 Å². The van der Waals surface area contributed by atoms with Crippen molar-refractivity contribution < 1.29 is 4.39 Å². The fourth-order valence-corrected chi connectivity index (χ4v) is 1.85. The molecular formula is C13H20ClFN2. The molecule has 0 fully saturated rings. The van der Waals surface area contributed by atoms with E-state index in [2.05, 4.69) is 12.2 Å². The zero-order valence-electron chi connectivity index (χ0n) is 10.2. The molecule has 0 spiro atoms. The van der Waals surface area contributed by atoms with E-state index in [-0.39, 0.29) is 5.82 Å². The van der Waals surface area contributed by atoms with Crippen molar-refractivity contribution in [2.24, 2.45) is 11.7 Å². The maximum atomic E-state index is 13.4. The highest BCUT2D eigenvalue weighted by Crippen LogP contribution is 2.14. The molecule has 0 aliphatic rings. The fraction of sp³-hybridized carbons (Fsp3) is 0.538. The summed E-state index contributed by atoms with van der Waals surface area (Å²) < 4.78 is 13.4. The van der Waals surface area contributed by atoms with Gasteiger partial charge in [0.1, 0.15) is 5.82 Å². The summed E-state index contributed by atoms with van der Waals surface area (Å²) in [6.07, 6.45) is 1.71. The van der Waals surface area contributed by atoms with Crippen LogP contribution >= 0.6 is 11.6 Å². The van der Waals surface area contributed by atoms with Crippen LogP contribution in [0.25, 0.3) is 0 Å². The van der Waals surface area contributed by atoms with E-state index < -0.39 is 0 Å². The Morgan fingerprint density at radius 1 is 1.47 bits per heavy atom. The minimum Gasteiger partial charge on any atom is -0.330 e. The van der Waals surface area contributed by atoms with Crippen LogP contribution in [-0.4, -0.2) is 19.6 Å². The summed E-state index contributed by atoms with van der Waals surface area (Å²) in [7, 11) is 0. The zero-order valence-corrected chi connectivity index (χ0v) is 10.9. The number of nitrogens with one attached hydrogen (secondary N) is 1. The molecule has 3 N–H and O–H groups in total. The van der Waals surface area contributed by atoms with Crippen LogP contribution in [-0.2, 0) is 6.42 Å². The van der Waals surface area contributed by atoms with E-state index in [0.29, 0.717) is 29.5 Å². The van der Waals surface area contributed by atoms with E-state index >= 15 is 0 Å². The highest BCUT2D eigenvalue weighted by atomic mass is 35.5. The Labute approximate surface area is 107 Å². The van der Waals surface area contributed by atoms with Gasteiger partial charge in [-0.3, -0.25) is 0 Å². The van der Waals surface area contributed by atoms with Crippen molar-refractivity contribution in [3.8, 4) is 0 Å². The molecule has 1 rings (SSSR count). The maximum Gasteiger partial charge on any atom is 0.126 e. The summed E-state index contributed by atoms with van der Waals surface area (Å²) >= 11 is 5.82. The van der Waals surface area contributed by atoms with Crippen molar-refractivity contribution in [3.05, 3.63) is 34.6 Å². The smallest absolute Gasteiger partial charge is 0.126 e. The van der Waals surface area contributed by atoms with Crippen LogP contribution < -0.4 is 11.1 Å². The van der Waals surface area contributed by atoms with Crippen LogP contribution in [0.2, 0.25) is 5.02 Å². The third-order valence-electron chi connectivity index (χ3n) is 2.92. The second-order valence-corrected chi connectivity index (χ2v) is 4.64. The SMILES string of the molecule is CCC(CN)CNCCc1cc(Cl)ccc1F. The van der Waals surface area contributed by atoms with Crippen LogP contribution in [0.15, 0.2) is 18.2 Å². The van der Waals surface area contributed by atoms with Gasteiger partial charge in [0.05, 0.1) is 0 Å². The number of hydrogen-bond acceptors (Lipinski definition) is 2. The van der Waals surface area contributed by atoms with Crippen LogP contribution in [0.4, 0.5) is 4.39 Å². The first-order chi connectivity index (χ1) is 8.17. The van der Waals surface area contributed by atoms with E-state index in [1.165, 1.54) is 6.07 Å². The molecule has 96 valence electrons. The van der Waals surface area contributed by atoms with E-state index in [1.54, 1.807) is 12.1 Å². The molecule has 0 amide bonds. The van der Waals surface area contributed by atoms with Crippen molar-refractivity contribution in [1.29, 1.82) is 0 Å². The fourth-order valence-electron chi connectivity index (χ4n) is 1.66. The van der Waals surface area contributed by atoms with E-state index in [9.17, 15) is 4.39 Å². The summed E-state index contributed by atoms with van der Waals surface area (Å²) in [6.45, 7) is 4.44. The third-order valence-corrected chi connectivity index (χ3v) is 3.16. The molecule has 1 aromatic carbocycles. The van der Waals surface area contributed by atoms with Gasteiger partial charge in [0.2, 0.25) is 0 Å². The average molecular weight is 259 g/mol. The molecule has 0 aliphatic carbocycles. The molecule has 0 saturated heterocycles. The van der Waals surface area contributed by atoms with Crippen molar-refractivity contribution >= 4 is 11.6 Å². The quantitative estimate of drug-likeness (QED) is 0.738. The summed E-state index contributed by atoms with van der Waals surface area (Å²) in [5.74, 6) is 0.307. The topological polar surface area (TPSA) is 38.0 Å². The van der Waals surface area contributed by atoms with Gasteiger partial charge >= 0.3 is 0 Å². The van der Waals surface area contributed by atoms with Crippen LogP contribution in [0, 0.1) is 11.7 Å². The van der Waals surface area contributed by atoms with Gasteiger partial charge < -0.3 is 11.1 Å². The Morgan fingerprint density at radius 3 is 2.88 bits per heavy atom. The van der Waals surface area contributed by atoms with E-state index in [1.807, 2.05) is 0 Å². The highest BCUT2D eigenvalue weighted by Gasteiger charge is 2.05. The molecule has 1 unspecified atom stereocenters. The van der Waals surface area contributed by atoms with Gasteiger partial charge in [-0.2, -0.15) is 0 Å². The largest absolute Gasteiger partial charge is 0.330 e. The second kappa shape index (κ2) is 7.64. The standard InChI is InChI=1S/C13H20ClFN2/c1-2-10(8-16)9-17-6-5-11-7-12(14)3-4-13(11)15/h3-4,7,10,17H,2,5-6,8-9,16H2,1H3. The highest BCUT2D eigenvalue weighted by molar-refractivity contribution is 6.30. The van der Waals surface area contributed by atoms with Crippen molar-refractivity contribution in [2.45, 2.75) is 19.8 Å². The molecule has 17 heavy (non-hydrogen) atoms. The number of halogens is 2. The summed E-state index contributed by atoms with van der Waals surface area (Å²) in [6, 6.07) is 4.65. The lowest BCUT2D eigenvalue weighted by molar-refractivity contribution is 0.472. The molecule has 1 aromatic rings. The number of benzene rings is 1. The van der Waals surface area contributed by atoms with Crippen LogP contribution in [0.5, 0.6) is 0 Å². The molecule has 0 bridgehead atoms. The number of hydrogen-bond donors (Lipinski definition) is 2. The molecule has 2 nitrogen and oxygen atoms in total. The predicted octanol–water partition coefficient (Wildman–Crippen LogP) is 2.60. The minimum atomic E-state index is -0.193. The molecule has 0 radical (unpaired) electrons. The van der Waals surface area contributed by atoms with Gasteiger partial charge in [-0.25, -0.2) is 4.39 Å². The van der Waals surface area contributed by atoms with Gasteiger partial charge in [-0.15, -0.1) is 0 Å². The van der Waals surface area contributed by atoms with E-state index in [4.69, 9.17) is 17.3 Å². The summed E-state index contributed by atoms with van der Waals surface area (Å²) in [4.78, 5) is 0.